The highest BCUT2D eigenvalue weighted by Crippen LogP contribution is 2.22. The summed E-state index contributed by atoms with van der Waals surface area (Å²) < 4.78 is 1.91. The van der Waals surface area contributed by atoms with Gasteiger partial charge in [-0.1, -0.05) is 12.1 Å². The smallest absolute Gasteiger partial charge is 0.253 e. The van der Waals surface area contributed by atoms with Gasteiger partial charge in [0, 0.05) is 43.1 Å². The van der Waals surface area contributed by atoms with Crippen molar-refractivity contribution < 1.29 is 9.90 Å². The molecule has 0 bridgehead atoms. The summed E-state index contributed by atoms with van der Waals surface area (Å²) in [6.45, 7) is 1.16. The van der Waals surface area contributed by atoms with Gasteiger partial charge >= 0.3 is 0 Å². The molecule has 0 spiro atoms. The van der Waals surface area contributed by atoms with Crippen LogP contribution in [0.3, 0.4) is 0 Å². The Kier molecular flexibility index (Phi) is 5.48. The van der Waals surface area contributed by atoms with Crippen LogP contribution in [0.5, 0.6) is 0 Å². The van der Waals surface area contributed by atoms with Crippen LogP contribution < -0.4 is 10.6 Å². The zero-order chi connectivity index (χ0) is 19.3. The number of hydrogen-bond acceptors (Lipinski definition) is 6. The minimum Gasteiger partial charge on any atom is -0.393 e. The lowest BCUT2D eigenvalue weighted by atomic mass is 9.93. The van der Waals surface area contributed by atoms with Gasteiger partial charge in [-0.15, -0.1) is 0 Å². The van der Waals surface area contributed by atoms with Gasteiger partial charge in [-0.3, -0.25) is 4.79 Å². The summed E-state index contributed by atoms with van der Waals surface area (Å²) in [6.07, 6.45) is 10.2. The summed E-state index contributed by atoms with van der Waals surface area (Å²) in [5, 5.41) is 16.8. The van der Waals surface area contributed by atoms with E-state index in [0.717, 1.165) is 31.1 Å². The number of imidazole rings is 1. The summed E-state index contributed by atoms with van der Waals surface area (Å²) in [5.41, 5.74) is 1.17. The maximum atomic E-state index is 12.7. The van der Waals surface area contributed by atoms with Crippen molar-refractivity contribution in [3.05, 3.63) is 48.7 Å². The zero-order valence-corrected chi connectivity index (χ0v) is 15.6. The number of aliphatic hydroxyl groups excluding tert-OH is 1. The van der Waals surface area contributed by atoms with E-state index >= 15 is 0 Å². The van der Waals surface area contributed by atoms with Crippen molar-refractivity contribution in [3.8, 4) is 0 Å². The van der Waals surface area contributed by atoms with E-state index in [0.29, 0.717) is 30.1 Å². The minimum absolute atomic E-state index is 0.156. The van der Waals surface area contributed by atoms with Crippen LogP contribution in [0.25, 0.3) is 10.9 Å². The molecule has 3 aromatic rings. The molecule has 146 valence electrons. The Hall–Kier alpha value is -3.00. The highest BCUT2D eigenvalue weighted by molar-refractivity contribution is 6.05. The van der Waals surface area contributed by atoms with Gasteiger partial charge < -0.3 is 20.3 Å². The Morgan fingerprint density at radius 1 is 1.25 bits per heavy atom. The molecule has 1 amide bonds. The fourth-order valence-electron chi connectivity index (χ4n) is 3.52. The van der Waals surface area contributed by atoms with Crippen molar-refractivity contribution in [3.63, 3.8) is 0 Å². The monoisotopic (exact) mass is 380 g/mol. The van der Waals surface area contributed by atoms with E-state index in [1.165, 1.54) is 0 Å². The first-order valence-corrected chi connectivity index (χ1v) is 9.63. The van der Waals surface area contributed by atoms with Crippen molar-refractivity contribution in [2.45, 2.75) is 44.4 Å². The number of carbonyl (C=O) groups is 1. The van der Waals surface area contributed by atoms with Crippen LogP contribution in [0, 0.1) is 0 Å². The van der Waals surface area contributed by atoms with E-state index in [1.807, 2.05) is 22.9 Å². The first kappa shape index (κ1) is 18.4. The fraction of sp³-hybridized carbons (Fsp3) is 0.400. The van der Waals surface area contributed by atoms with Gasteiger partial charge in [0.15, 0.2) is 0 Å². The molecule has 1 aliphatic carbocycles. The molecular weight excluding hydrogens is 356 g/mol. The van der Waals surface area contributed by atoms with E-state index in [1.54, 1.807) is 24.8 Å². The third-order valence-electron chi connectivity index (χ3n) is 5.10. The van der Waals surface area contributed by atoms with Gasteiger partial charge in [0.25, 0.3) is 5.91 Å². The Bertz CT molecular complexity index is 935. The fourth-order valence-corrected chi connectivity index (χ4v) is 3.52. The largest absolute Gasteiger partial charge is 0.393 e. The number of hydrogen-bond donors (Lipinski definition) is 3. The lowest BCUT2D eigenvalue weighted by molar-refractivity contribution is 0.0953. The van der Waals surface area contributed by atoms with Crippen LogP contribution in [0.2, 0.25) is 0 Å². The minimum atomic E-state index is -0.201. The highest BCUT2D eigenvalue weighted by atomic mass is 16.3. The van der Waals surface area contributed by atoms with Crippen molar-refractivity contribution in [2.24, 2.45) is 0 Å². The molecule has 2 aromatic heterocycles. The van der Waals surface area contributed by atoms with E-state index < -0.39 is 0 Å². The van der Waals surface area contributed by atoms with Crippen molar-refractivity contribution in [2.75, 3.05) is 11.9 Å². The van der Waals surface area contributed by atoms with Crippen LogP contribution in [0.1, 0.15) is 36.0 Å². The van der Waals surface area contributed by atoms with E-state index in [9.17, 15) is 9.90 Å². The molecule has 8 nitrogen and oxygen atoms in total. The summed E-state index contributed by atoms with van der Waals surface area (Å²) in [6, 6.07) is 5.77. The van der Waals surface area contributed by atoms with E-state index in [4.69, 9.17) is 0 Å². The summed E-state index contributed by atoms with van der Waals surface area (Å²) >= 11 is 0. The van der Waals surface area contributed by atoms with Crippen LogP contribution in [0.4, 0.5) is 5.95 Å². The number of amides is 1. The Balaban J connectivity index is 1.47. The van der Waals surface area contributed by atoms with Crippen LogP contribution in [-0.4, -0.2) is 49.2 Å². The van der Waals surface area contributed by atoms with Gasteiger partial charge in [0.2, 0.25) is 5.95 Å². The molecule has 4 rings (SSSR count). The first-order valence-electron chi connectivity index (χ1n) is 9.63. The molecule has 8 heteroatoms. The van der Waals surface area contributed by atoms with Gasteiger partial charge in [-0.2, -0.15) is 0 Å². The van der Waals surface area contributed by atoms with Crippen LogP contribution in [0.15, 0.2) is 43.1 Å². The SMILES string of the molecule is O=C(NCCn1ccnc1)c1cccc2cnc(NC3CCC(O)CC3)nc12. The van der Waals surface area contributed by atoms with Gasteiger partial charge in [0.05, 0.1) is 23.5 Å². The second-order valence-electron chi connectivity index (χ2n) is 7.14. The Labute approximate surface area is 163 Å². The predicted molar refractivity (Wildman–Crippen MR) is 106 cm³/mol. The van der Waals surface area contributed by atoms with Gasteiger partial charge in [-0.05, 0) is 31.7 Å². The quantitative estimate of drug-likeness (QED) is 0.604. The molecule has 3 N–H and O–H groups in total. The van der Waals surface area contributed by atoms with Gasteiger partial charge in [0.1, 0.15) is 0 Å². The predicted octanol–water partition coefficient (Wildman–Crippen LogP) is 1.97. The lowest BCUT2D eigenvalue weighted by Crippen LogP contribution is -2.29. The lowest BCUT2D eigenvalue weighted by Gasteiger charge is -2.26. The normalized spacial score (nSPS) is 19.5. The Morgan fingerprint density at radius 3 is 2.89 bits per heavy atom. The van der Waals surface area contributed by atoms with Crippen LogP contribution in [-0.2, 0) is 6.54 Å². The highest BCUT2D eigenvalue weighted by Gasteiger charge is 2.20. The second kappa shape index (κ2) is 8.35. The average Bonchev–Trinajstić information content (AvgIpc) is 3.23. The summed E-state index contributed by atoms with van der Waals surface area (Å²) in [5.74, 6) is 0.365. The third-order valence-corrected chi connectivity index (χ3v) is 5.10. The van der Waals surface area contributed by atoms with Crippen molar-refractivity contribution in [1.82, 2.24) is 24.8 Å². The number of rotatable bonds is 6. The molecule has 28 heavy (non-hydrogen) atoms. The zero-order valence-electron chi connectivity index (χ0n) is 15.6. The number of carbonyl (C=O) groups excluding carboxylic acids is 1. The molecule has 0 unspecified atom stereocenters. The first-order chi connectivity index (χ1) is 13.7. The van der Waals surface area contributed by atoms with E-state index in [2.05, 4.69) is 25.6 Å². The number of benzene rings is 1. The number of fused-ring (bicyclic) bond motifs is 1. The topological polar surface area (TPSA) is 105 Å². The molecule has 0 aliphatic heterocycles. The number of nitrogens with zero attached hydrogens (tertiary/aromatic N) is 4. The molecule has 2 heterocycles. The molecule has 0 saturated heterocycles. The molecule has 0 radical (unpaired) electrons. The standard InChI is InChI=1S/C20H24N6O2/c27-16-6-4-15(5-7-16)24-20-23-12-14-2-1-3-17(18(14)25-20)19(28)22-9-11-26-10-8-21-13-26/h1-3,8,10,12-13,15-16,27H,4-7,9,11H2,(H,22,28)(H,23,24,25). The van der Waals surface area contributed by atoms with Gasteiger partial charge in [-0.25, -0.2) is 15.0 Å². The van der Waals surface area contributed by atoms with Crippen molar-refractivity contribution >= 4 is 22.8 Å². The number of para-hydroxylation sites is 1. The summed E-state index contributed by atoms with van der Waals surface area (Å²) in [7, 11) is 0. The average molecular weight is 380 g/mol. The maximum absolute atomic E-state index is 12.7. The molecule has 0 atom stereocenters. The summed E-state index contributed by atoms with van der Waals surface area (Å²) in [4.78, 5) is 25.7. The number of nitrogens with one attached hydrogen (secondary N) is 2. The number of aromatic nitrogens is 4. The number of anilines is 1. The molecule has 1 fully saturated rings. The van der Waals surface area contributed by atoms with Crippen molar-refractivity contribution in [1.29, 1.82) is 0 Å². The van der Waals surface area contributed by atoms with E-state index in [-0.39, 0.29) is 18.1 Å². The molecule has 1 aromatic carbocycles. The maximum Gasteiger partial charge on any atom is 0.253 e. The molecular formula is C20H24N6O2. The second-order valence-corrected chi connectivity index (χ2v) is 7.14. The molecule has 1 saturated carbocycles. The Morgan fingerprint density at radius 2 is 2.11 bits per heavy atom. The third kappa shape index (κ3) is 4.28. The number of aliphatic hydroxyl groups is 1. The van der Waals surface area contributed by atoms with Crippen LogP contribution >= 0.6 is 0 Å². The molecule has 1 aliphatic rings.